The molecule has 0 saturated heterocycles. The molecule has 0 aliphatic carbocycles. The number of phenols is 1. The Kier molecular flexibility index (Phi) is 3.41. The van der Waals surface area contributed by atoms with Crippen LogP contribution >= 0.6 is 38.9 Å². The summed E-state index contributed by atoms with van der Waals surface area (Å²) in [5.41, 5.74) is 1.89. The highest BCUT2D eigenvalue weighted by Gasteiger charge is 2.12. The highest BCUT2D eigenvalue weighted by atomic mass is 79.9. The molecule has 0 amide bonds. The maximum atomic E-state index is 12.7. The summed E-state index contributed by atoms with van der Waals surface area (Å²) < 4.78 is 2.80. The van der Waals surface area contributed by atoms with Crippen LogP contribution in [0.15, 0.2) is 45.7 Å². The van der Waals surface area contributed by atoms with E-state index in [1.807, 2.05) is 24.3 Å². The lowest BCUT2D eigenvalue weighted by Crippen LogP contribution is -2.22. The third-order valence-electron chi connectivity index (χ3n) is 3.49. The molecule has 4 nitrogen and oxygen atoms in total. The minimum Gasteiger partial charge on any atom is -0.506 e. The van der Waals surface area contributed by atoms with Gasteiger partial charge in [0.25, 0.3) is 5.56 Å². The molecule has 0 bridgehead atoms. The normalized spacial score (nSPS) is 12.5. The molecule has 2 heterocycles. The van der Waals surface area contributed by atoms with Gasteiger partial charge in [0, 0.05) is 10.0 Å². The third-order valence-corrected chi connectivity index (χ3v) is 5.20. The van der Waals surface area contributed by atoms with E-state index in [2.05, 4.69) is 20.9 Å². The van der Waals surface area contributed by atoms with Crippen molar-refractivity contribution < 1.29 is 5.11 Å². The van der Waals surface area contributed by atoms with Gasteiger partial charge in [0.1, 0.15) is 5.75 Å². The van der Waals surface area contributed by atoms with Crippen LogP contribution in [0.5, 0.6) is 5.75 Å². The Balaban J connectivity index is 2.04. The van der Waals surface area contributed by atoms with Gasteiger partial charge in [-0.15, -0.1) is 0 Å². The lowest BCUT2D eigenvalue weighted by molar-refractivity contribution is 0.474. The van der Waals surface area contributed by atoms with Gasteiger partial charge in [0.2, 0.25) is 0 Å². The fraction of sp³-hybridized carbons (Fsp3) is 0. The smallest absolute Gasteiger partial charge is 0.274 e. The number of phenolic OH excluding ortho intramolecular Hbond substituents is 1. The summed E-state index contributed by atoms with van der Waals surface area (Å²) in [6.45, 7) is 0. The predicted molar refractivity (Wildman–Crippen MR) is 96.4 cm³/mol. The van der Waals surface area contributed by atoms with E-state index in [0.29, 0.717) is 15.1 Å². The highest BCUT2D eigenvalue weighted by Crippen LogP contribution is 2.31. The first-order chi connectivity index (χ1) is 11.0. The Morgan fingerprint density at radius 2 is 2.09 bits per heavy atom. The van der Waals surface area contributed by atoms with Gasteiger partial charge in [-0.05, 0) is 30.3 Å². The lowest BCUT2D eigenvalue weighted by atomic mass is 10.2. The van der Waals surface area contributed by atoms with E-state index in [0.717, 1.165) is 15.5 Å². The van der Waals surface area contributed by atoms with Crippen LogP contribution in [-0.4, -0.2) is 14.5 Å². The molecule has 2 aromatic carbocycles. The van der Waals surface area contributed by atoms with Crippen LogP contribution in [0.4, 0.5) is 0 Å². The Hall–Kier alpha value is -1.89. The molecule has 0 unspecified atom stereocenters. The number of halogens is 2. The van der Waals surface area contributed by atoms with Gasteiger partial charge in [-0.2, -0.15) is 0 Å². The molecule has 114 valence electrons. The molecular formula is C16H8BrClN2O2S. The average molecular weight is 408 g/mol. The second-order valence-electron chi connectivity index (χ2n) is 4.96. The molecule has 0 saturated carbocycles. The van der Waals surface area contributed by atoms with Crippen molar-refractivity contribution >= 4 is 60.9 Å². The van der Waals surface area contributed by atoms with Crippen LogP contribution in [0.25, 0.3) is 22.1 Å². The van der Waals surface area contributed by atoms with E-state index in [1.165, 1.54) is 11.3 Å². The average Bonchev–Trinajstić information content (AvgIpc) is 3.01. The number of hydrogen-bond donors (Lipinski definition) is 1. The second-order valence-corrected chi connectivity index (χ2v) is 7.29. The summed E-state index contributed by atoms with van der Waals surface area (Å²) in [6, 6.07) is 10.8. The zero-order valence-corrected chi connectivity index (χ0v) is 14.6. The van der Waals surface area contributed by atoms with Crippen LogP contribution in [0.1, 0.15) is 5.56 Å². The number of fused-ring (bicyclic) bond motifs is 3. The van der Waals surface area contributed by atoms with E-state index in [9.17, 15) is 9.90 Å². The number of hydrogen-bond acceptors (Lipinski definition) is 4. The van der Waals surface area contributed by atoms with Crippen molar-refractivity contribution in [2.75, 3.05) is 0 Å². The first kappa shape index (κ1) is 14.7. The Morgan fingerprint density at radius 1 is 1.30 bits per heavy atom. The number of nitrogens with zero attached hydrogens (tertiary/aromatic N) is 2. The van der Waals surface area contributed by atoms with E-state index in [1.54, 1.807) is 22.6 Å². The van der Waals surface area contributed by atoms with E-state index < -0.39 is 0 Å². The first-order valence-corrected chi connectivity index (χ1v) is 8.63. The summed E-state index contributed by atoms with van der Waals surface area (Å²) in [7, 11) is 0. The molecular weight excluding hydrogens is 400 g/mol. The maximum absolute atomic E-state index is 12.7. The number of aromatic hydroxyl groups is 1. The molecule has 4 aromatic rings. The van der Waals surface area contributed by atoms with Crippen LogP contribution in [0.2, 0.25) is 5.02 Å². The summed E-state index contributed by atoms with van der Waals surface area (Å²) in [4.78, 5) is 17.8. The van der Waals surface area contributed by atoms with Crippen LogP contribution in [0.3, 0.4) is 0 Å². The first-order valence-electron chi connectivity index (χ1n) is 6.64. The topological polar surface area (TPSA) is 54.6 Å². The second kappa shape index (κ2) is 5.33. The minimum absolute atomic E-state index is 0.0508. The number of thiazole rings is 1. The summed E-state index contributed by atoms with van der Waals surface area (Å²) in [5.74, 6) is -0.0508. The minimum atomic E-state index is -0.158. The SMILES string of the molecule is O=c1/c(=C\c2cc(Br)cc(Cl)c2O)sc2nc3ccccc3n12. The van der Waals surface area contributed by atoms with Gasteiger partial charge in [-0.1, -0.05) is 51.0 Å². The Labute approximate surface area is 147 Å². The van der Waals surface area contributed by atoms with Gasteiger partial charge in [-0.25, -0.2) is 9.38 Å². The molecule has 23 heavy (non-hydrogen) atoms. The third kappa shape index (κ3) is 2.34. The number of para-hydroxylation sites is 2. The van der Waals surface area contributed by atoms with Gasteiger partial charge in [0.05, 0.1) is 20.6 Å². The molecule has 7 heteroatoms. The molecule has 0 fully saturated rings. The van der Waals surface area contributed by atoms with Gasteiger partial charge in [0.15, 0.2) is 4.96 Å². The van der Waals surface area contributed by atoms with E-state index in [4.69, 9.17) is 11.6 Å². The molecule has 0 atom stereocenters. The molecule has 0 radical (unpaired) electrons. The number of benzene rings is 2. The van der Waals surface area contributed by atoms with Gasteiger partial charge in [-0.3, -0.25) is 4.79 Å². The van der Waals surface area contributed by atoms with Gasteiger partial charge >= 0.3 is 0 Å². The van der Waals surface area contributed by atoms with Crippen molar-refractivity contribution in [1.82, 2.24) is 9.38 Å². The quantitative estimate of drug-likeness (QED) is 0.525. The Morgan fingerprint density at radius 3 is 2.91 bits per heavy atom. The van der Waals surface area contributed by atoms with E-state index >= 15 is 0 Å². The zero-order valence-electron chi connectivity index (χ0n) is 11.5. The van der Waals surface area contributed by atoms with Crippen molar-refractivity contribution in [2.45, 2.75) is 0 Å². The number of imidazole rings is 1. The zero-order chi connectivity index (χ0) is 16.1. The Bertz CT molecular complexity index is 1180. The van der Waals surface area contributed by atoms with Crippen molar-refractivity contribution in [3.05, 3.63) is 66.3 Å². The molecule has 2 aromatic heterocycles. The highest BCUT2D eigenvalue weighted by molar-refractivity contribution is 9.10. The molecule has 0 aliphatic rings. The monoisotopic (exact) mass is 406 g/mol. The van der Waals surface area contributed by atoms with Crippen molar-refractivity contribution in [2.24, 2.45) is 0 Å². The van der Waals surface area contributed by atoms with Crippen molar-refractivity contribution in [3.63, 3.8) is 0 Å². The molecule has 0 aliphatic heterocycles. The number of aromatic nitrogens is 2. The van der Waals surface area contributed by atoms with Crippen LogP contribution in [-0.2, 0) is 0 Å². The van der Waals surface area contributed by atoms with Crippen LogP contribution < -0.4 is 10.1 Å². The summed E-state index contributed by atoms with van der Waals surface area (Å²) in [5, 5.41) is 10.3. The molecule has 1 N–H and O–H groups in total. The lowest BCUT2D eigenvalue weighted by Gasteiger charge is -2.01. The standard InChI is InChI=1S/C16H8BrClN2O2S/c17-9-5-8(14(21)10(18)7-9)6-13-15(22)20-12-4-2-1-3-11(12)19-16(20)23-13/h1-7,21H/b13-6+. The number of rotatable bonds is 1. The van der Waals surface area contributed by atoms with Crippen molar-refractivity contribution in [1.29, 1.82) is 0 Å². The fourth-order valence-corrected chi connectivity index (χ4v) is 4.26. The maximum Gasteiger partial charge on any atom is 0.274 e. The molecule has 4 rings (SSSR count). The van der Waals surface area contributed by atoms with Crippen molar-refractivity contribution in [3.8, 4) is 5.75 Å². The summed E-state index contributed by atoms with van der Waals surface area (Å²) in [6.07, 6.45) is 1.63. The van der Waals surface area contributed by atoms with Gasteiger partial charge < -0.3 is 5.11 Å². The predicted octanol–water partition coefficient (Wildman–Crippen LogP) is 3.58. The fourth-order valence-electron chi connectivity index (χ4n) is 2.45. The van der Waals surface area contributed by atoms with Crippen LogP contribution in [0, 0.1) is 0 Å². The molecule has 0 spiro atoms. The summed E-state index contributed by atoms with van der Waals surface area (Å²) >= 11 is 10.6. The largest absolute Gasteiger partial charge is 0.506 e. The van der Waals surface area contributed by atoms with E-state index in [-0.39, 0.29) is 16.3 Å².